The molecule has 0 aliphatic rings. The molecule has 0 spiro atoms. The third kappa shape index (κ3) is 2.58. The van der Waals surface area contributed by atoms with Crippen LogP contribution in [0.5, 0.6) is 0 Å². The zero-order valence-electron chi connectivity index (χ0n) is 9.26. The number of nitrogens with zero attached hydrogens (tertiary/aromatic N) is 2. The first-order valence-electron chi connectivity index (χ1n) is 4.91. The van der Waals surface area contributed by atoms with E-state index in [1.54, 1.807) is 0 Å². The van der Waals surface area contributed by atoms with Crippen LogP contribution in [-0.4, -0.2) is 16.8 Å². The largest absolute Gasteiger partial charge is 0.314 e. The van der Waals surface area contributed by atoms with Gasteiger partial charge in [-0.1, -0.05) is 13.8 Å². The highest BCUT2D eigenvalue weighted by molar-refractivity contribution is 9.10. The molecule has 1 rings (SSSR count). The van der Waals surface area contributed by atoms with Gasteiger partial charge >= 0.3 is 0 Å². The maximum absolute atomic E-state index is 4.50. The highest BCUT2D eigenvalue weighted by Crippen LogP contribution is 2.23. The third-order valence-corrected chi connectivity index (χ3v) is 3.03. The average molecular weight is 260 g/mol. The minimum absolute atomic E-state index is 0.642. The van der Waals surface area contributed by atoms with Crippen LogP contribution in [-0.2, 0) is 20.0 Å². The summed E-state index contributed by atoms with van der Waals surface area (Å²) in [6.07, 6.45) is 1.03. The molecule has 1 aromatic heterocycles. The van der Waals surface area contributed by atoms with Crippen molar-refractivity contribution in [1.82, 2.24) is 15.1 Å². The second-order valence-corrected chi connectivity index (χ2v) is 4.75. The van der Waals surface area contributed by atoms with Gasteiger partial charge in [-0.15, -0.1) is 0 Å². The van der Waals surface area contributed by atoms with Gasteiger partial charge in [-0.3, -0.25) is 4.68 Å². The molecule has 3 nitrogen and oxygen atoms in total. The molecule has 0 bridgehead atoms. The van der Waals surface area contributed by atoms with Crippen LogP contribution in [0, 0.1) is 5.92 Å². The fraction of sp³-hybridized carbons (Fsp3) is 0.700. The Hall–Kier alpha value is -0.350. The SMILES string of the molecule is CNCc1c(Br)c(CC(C)C)nn1C. The topological polar surface area (TPSA) is 29.9 Å². The molecule has 0 amide bonds. The zero-order valence-corrected chi connectivity index (χ0v) is 10.8. The minimum atomic E-state index is 0.642. The highest BCUT2D eigenvalue weighted by Gasteiger charge is 2.13. The van der Waals surface area contributed by atoms with Gasteiger partial charge in [-0.2, -0.15) is 5.10 Å². The van der Waals surface area contributed by atoms with Crippen LogP contribution in [0.4, 0.5) is 0 Å². The van der Waals surface area contributed by atoms with E-state index in [0.717, 1.165) is 23.1 Å². The lowest BCUT2D eigenvalue weighted by Crippen LogP contribution is -2.10. The molecule has 0 saturated heterocycles. The second-order valence-electron chi connectivity index (χ2n) is 3.96. The molecule has 80 valence electrons. The Morgan fingerprint density at radius 3 is 2.64 bits per heavy atom. The molecule has 0 fully saturated rings. The Bertz CT molecular complexity index is 305. The summed E-state index contributed by atoms with van der Waals surface area (Å²) in [5.74, 6) is 0.642. The fourth-order valence-corrected chi connectivity index (χ4v) is 2.11. The van der Waals surface area contributed by atoms with Crippen molar-refractivity contribution in [3.05, 3.63) is 15.9 Å². The van der Waals surface area contributed by atoms with Gasteiger partial charge in [0.15, 0.2) is 0 Å². The van der Waals surface area contributed by atoms with E-state index >= 15 is 0 Å². The molecule has 4 heteroatoms. The van der Waals surface area contributed by atoms with Crippen LogP contribution in [0.15, 0.2) is 4.47 Å². The zero-order chi connectivity index (χ0) is 10.7. The van der Waals surface area contributed by atoms with E-state index in [1.165, 1.54) is 5.69 Å². The number of aryl methyl sites for hydroxylation is 1. The van der Waals surface area contributed by atoms with Crippen molar-refractivity contribution in [1.29, 1.82) is 0 Å². The van der Waals surface area contributed by atoms with Crippen LogP contribution < -0.4 is 5.32 Å². The predicted octanol–water partition coefficient (Wildman–Crippen LogP) is 2.10. The van der Waals surface area contributed by atoms with E-state index in [-0.39, 0.29) is 0 Å². The van der Waals surface area contributed by atoms with Gasteiger partial charge < -0.3 is 5.32 Å². The molecule has 0 aromatic carbocycles. The van der Waals surface area contributed by atoms with Crippen molar-refractivity contribution >= 4 is 15.9 Å². The highest BCUT2D eigenvalue weighted by atomic mass is 79.9. The Balaban J connectivity index is 2.92. The molecule has 1 N–H and O–H groups in total. The van der Waals surface area contributed by atoms with E-state index in [1.807, 2.05) is 18.8 Å². The molecule has 14 heavy (non-hydrogen) atoms. The first-order valence-corrected chi connectivity index (χ1v) is 5.70. The van der Waals surface area contributed by atoms with Gasteiger partial charge in [-0.25, -0.2) is 0 Å². The van der Waals surface area contributed by atoms with E-state index < -0.39 is 0 Å². The van der Waals surface area contributed by atoms with Crippen molar-refractivity contribution in [3.8, 4) is 0 Å². The van der Waals surface area contributed by atoms with Crippen molar-refractivity contribution in [3.63, 3.8) is 0 Å². The molecule has 0 aliphatic heterocycles. The predicted molar refractivity (Wildman–Crippen MR) is 62.2 cm³/mol. The fourth-order valence-electron chi connectivity index (χ4n) is 1.47. The molecule has 0 radical (unpaired) electrons. The Morgan fingerprint density at radius 1 is 1.50 bits per heavy atom. The molecule has 0 atom stereocenters. The number of rotatable bonds is 4. The maximum Gasteiger partial charge on any atom is 0.0772 e. The smallest absolute Gasteiger partial charge is 0.0772 e. The van der Waals surface area contributed by atoms with Crippen LogP contribution >= 0.6 is 15.9 Å². The maximum atomic E-state index is 4.50. The number of aromatic nitrogens is 2. The Labute approximate surface area is 94.0 Å². The summed E-state index contributed by atoms with van der Waals surface area (Å²) < 4.78 is 3.10. The van der Waals surface area contributed by atoms with Gasteiger partial charge in [0, 0.05) is 13.6 Å². The van der Waals surface area contributed by atoms with Crippen LogP contribution in [0.2, 0.25) is 0 Å². The van der Waals surface area contributed by atoms with Crippen LogP contribution in [0.3, 0.4) is 0 Å². The average Bonchev–Trinajstić information content (AvgIpc) is 2.32. The number of hydrogen-bond acceptors (Lipinski definition) is 2. The summed E-state index contributed by atoms with van der Waals surface area (Å²) in [5.41, 5.74) is 2.37. The number of halogens is 1. The lowest BCUT2D eigenvalue weighted by atomic mass is 10.1. The minimum Gasteiger partial charge on any atom is -0.314 e. The summed E-state index contributed by atoms with van der Waals surface area (Å²) in [7, 11) is 3.93. The summed E-state index contributed by atoms with van der Waals surface area (Å²) in [4.78, 5) is 0. The van der Waals surface area contributed by atoms with E-state index in [2.05, 4.69) is 40.2 Å². The lowest BCUT2D eigenvalue weighted by molar-refractivity contribution is 0.613. The quantitative estimate of drug-likeness (QED) is 0.898. The van der Waals surface area contributed by atoms with Crippen molar-refractivity contribution in [2.45, 2.75) is 26.8 Å². The molecule has 1 aromatic rings. The summed E-state index contributed by atoms with van der Waals surface area (Å²) in [6, 6.07) is 0. The standard InChI is InChI=1S/C10H18BrN3/c1-7(2)5-8-10(11)9(6-12-3)14(4)13-8/h7,12H,5-6H2,1-4H3. The van der Waals surface area contributed by atoms with E-state index in [4.69, 9.17) is 0 Å². The summed E-state index contributed by atoms with van der Waals surface area (Å²) in [6.45, 7) is 5.26. The molecule has 0 aliphatic carbocycles. The summed E-state index contributed by atoms with van der Waals surface area (Å²) in [5, 5.41) is 7.64. The molecular weight excluding hydrogens is 242 g/mol. The first kappa shape index (κ1) is 11.7. The lowest BCUT2D eigenvalue weighted by Gasteiger charge is -2.01. The monoisotopic (exact) mass is 259 g/mol. The molecule has 0 saturated carbocycles. The van der Waals surface area contributed by atoms with Gasteiger partial charge in [-0.05, 0) is 35.3 Å². The van der Waals surface area contributed by atoms with Gasteiger partial charge in [0.2, 0.25) is 0 Å². The van der Waals surface area contributed by atoms with E-state index in [9.17, 15) is 0 Å². The second kappa shape index (κ2) is 4.94. The van der Waals surface area contributed by atoms with Crippen LogP contribution in [0.25, 0.3) is 0 Å². The molecule has 1 heterocycles. The molecule has 0 unspecified atom stereocenters. The Kier molecular flexibility index (Phi) is 4.13. The van der Waals surface area contributed by atoms with Crippen molar-refractivity contribution in [2.75, 3.05) is 7.05 Å². The number of nitrogens with one attached hydrogen (secondary N) is 1. The van der Waals surface area contributed by atoms with Crippen molar-refractivity contribution in [2.24, 2.45) is 13.0 Å². The summed E-state index contributed by atoms with van der Waals surface area (Å²) >= 11 is 3.61. The first-order chi connectivity index (χ1) is 6.56. The van der Waals surface area contributed by atoms with Crippen LogP contribution in [0.1, 0.15) is 25.2 Å². The third-order valence-electron chi connectivity index (χ3n) is 2.11. The Morgan fingerprint density at radius 2 is 2.14 bits per heavy atom. The normalized spacial score (nSPS) is 11.3. The van der Waals surface area contributed by atoms with E-state index in [0.29, 0.717) is 5.92 Å². The van der Waals surface area contributed by atoms with Gasteiger partial charge in [0.05, 0.1) is 15.9 Å². The molecular formula is C10H18BrN3. The van der Waals surface area contributed by atoms with Gasteiger partial charge in [0.1, 0.15) is 0 Å². The van der Waals surface area contributed by atoms with Gasteiger partial charge in [0.25, 0.3) is 0 Å². The van der Waals surface area contributed by atoms with Crippen molar-refractivity contribution < 1.29 is 0 Å². The number of hydrogen-bond donors (Lipinski definition) is 1.